The molecule has 8 nitrogen and oxygen atoms in total. The van der Waals surface area contributed by atoms with Crippen molar-refractivity contribution in [2.45, 2.75) is 13.0 Å². The molecule has 9 heteroatoms. The summed E-state index contributed by atoms with van der Waals surface area (Å²) in [7, 11) is 1.50. The Kier molecular flexibility index (Phi) is 4.40. The normalized spacial score (nSPS) is 16.5. The van der Waals surface area contributed by atoms with Crippen molar-refractivity contribution in [3.63, 3.8) is 0 Å². The van der Waals surface area contributed by atoms with Gasteiger partial charge < -0.3 is 18.7 Å². The molecule has 3 aromatic heterocycles. The number of aliphatic hydroxyl groups is 1. The number of fused-ring (bicyclic) bond motifs is 1. The van der Waals surface area contributed by atoms with E-state index in [2.05, 4.69) is 4.98 Å². The first-order valence-corrected chi connectivity index (χ1v) is 10.2. The van der Waals surface area contributed by atoms with Gasteiger partial charge >= 0.3 is 0 Å². The first kappa shape index (κ1) is 19.1. The zero-order valence-electron chi connectivity index (χ0n) is 16.5. The van der Waals surface area contributed by atoms with Gasteiger partial charge in [-0.05, 0) is 31.2 Å². The molecular formula is C22H16N2O6S. The van der Waals surface area contributed by atoms with Gasteiger partial charge in [-0.25, -0.2) is 4.98 Å². The molecule has 1 aromatic carbocycles. The molecule has 0 saturated heterocycles. The molecule has 1 amide bonds. The number of nitrogens with zero attached hydrogens (tertiary/aromatic N) is 2. The second-order valence-corrected chi connectivity index (χ2v) is 7.78. The fourth-order valence-corrected chi connectivity index (χ4v) is 4.47. The number of furan rings is 2. The molecule has 0 radical (unpaired) electrons. The molecule has 1 atom stereocenters. The van der Waals surface area contributed by atoms with E-state index >= 15 is 0 Å². The molecule has 156 valence electrons. The third kappa shape index (κ3) is 2.93. The van der Waals surface area contributed by atoms with E-state index in [1.807, 2.05) is 0 Å². The molecule has 1 aliphatic heterocycles. The first-order chi connectivity index (χ1) is 15.0. The topological polar surface area (TPSA) is 106 Å². The summed E-state index contributed by atoms with van der Waals surface area (Å²) in [5.41, 5.74) is 0.986. The second-order valence-electron chi connectivity index (χ2n) is 6.95. The molecule has 0 aliphatic carbocycles. The molecule has 4 aromatic rings. The lowest BCUT2D eigenvalue weighted by Gasteiger charge is -2.21. The Balaban J connectivity index is 1.64. The van der Waals surface area contributed by atoms with Crippen LogP contribution < -0.4 is 9.64 Å². The molecule has 0 bridgehead atoms. The van der Waals surface area contributed by atoms with E-state index in [1.54, 1.807) is 48.7 Å². The number of benzene rings is 1. The number of methoxy groups -OCH3 is 1. The Morgan fingerprint density at radius 2 is 2.13 bits per heavy atom. The number of aryl methyl sites for hydroxylation is 1. The van der Waals surface area contributed by atoms with Crippen LogP contribution in [0.5, 0.6) is 5.75 Å². The van der Waals surface area contributed by atoms with Gasteiger partial charge in [0.1, 0.15) is 11.8 Å². The SMILES string of the molecule is COc1cccc2cc(C(=O)C3=C(O)C(=O)N(c4nc(C)cs4)C3c3ccco3)oc12. The van der Waals surface area contributed by atoms with Gasteiger partial charge in [0, 0.05) is 10.8 Å². The van der Waals surface area contributed by atoms with Crippen molar-refractivity contribution >= 4 is 39.1 Å². The highest BCUT2D eigenvalue weighted by molar-refractivity contribution is 7.14. The molecule has 0 spiro atoms. The maximum absolute atomic E-state index is 13.5. The van der Waals surface area contributed by atoms with Crippen LogP contribution in [0.4, 0.5) is 5.13 Å². The number of ether oxygens (including phenoxy) is 1. The number of ketones is 1. The standard InChI is InChI=1S/C22H16N2O6S/c1-11-10-31-22(23-11)24-17(13-7-4-8-29-13)16(19(26)21(24)27)18(25)15-9-12-5-3-6-14(28-2)20(12)30-15/h3-10,17,26H,1-2H3. The number of para-hydroxylation sites is 1. The summed E-state index contributed by atoms with van der Waals surface area (Å²) >= 11 is 1.24. The quantitative estimate of drug-likeness (QED) is 0.456. The van der Waals surface area contributed by atoms with Crippen LogP contribution in [-0.4, -0.2) is 28.9 Å². The van der Waals surface area contributed by atoms with Crippen LogP contribution in [0.2, 0.25) is 0 Å². The Labute approximate surface area is 180 Å². The summed E-state index contributed by atoms with van der Waals surface area (Å²) in [5.74, 6) is -1.25. The zero-order chi connectivity index (χ0) is 21.7. The van der Waals surface area contributed by atoms with Gasteiger partial charge in [-0.1, -0.05) is 12.1 Å². The second kappa shape index (κ2) is 7.13. The largest absolute Gasteiger partial charge is 0.503 e. The van der Waals surface area contributed by atoms with Crippen LogP contribution >= 0.6 is 11.3 Å². The number of aliphatic hydroxyl groups excluding tert-OH is 1. The Morgan fingerprint density at radius 3 is 2.81 bits per heavy atom. The summed E-state index contributed by atoms with van der Waals surface area (Å²) in [6, 6.07) is 9.14. The summed E-state index contributed by atoms with van der Waals surface area (Å²) < 4.78 is 16.6. The minimum Gasteiger partial charge on any atom is -0.503 e. The minimum absolute atomic E-state index is 0.0254. The lowest BCUT2D eigenvalue weighted by Crippen LogP contribution is -2.30. The van der Waals surface area contributed by atoms with Crippen LogP contribution in [0.15, 0.2) is 68.2 Å². The molecule has 1 unspecified atom stereocenters. The number of aromatic nitrogens is 1. The van der Waals surface area contributed by atoms with Gasteiger partial charge in [-0.3, -0.25) is 14.5 Å². The van der Waals surface area contributed by atoms with Crippen molar-refractivity contribution in [1.82, 2.24) is 4.98 Å². The predicted octanol–water partition coefficient (Wildman–Crippen LogP) is 4.58. The van der Waals surface area contributed by atoms with Gasteiger partial charge in [0.15, 0.2) is 28.0 Å². The first-order valence-electron chi connectivity index (χ1n) is 9.33. The van der Waals surface area contributed by atoms with E-state index in [1.165, 1.54) is 29.6 Å². The monoisotopic (exact) mass is 436 g/mol. The molecule has 4 heterocycles. The number of rotatable bonds is 5. The summed E-state index contributed by atoms with van der Waals surface area (Å²) in [5, 5.41) is 13.5. The Morgan fingerprint density at radius 1 is 1.29 bits per heavy atom. The zero-order valence-corrected chi connectivity index (χ0v) is 17.3. The molecule has 0 saturated carbocycles. The number of thiazole rings is 1. The van der Waals surface area contributed by atoms with Gasteiger partial charge in [0.25, 0.3) is 5.91 Å². The predicted molar refractivity (Wildman–Crippen MR) is 113 cm³/mol. The number of amides is 1. The maximum atomic E-state index is 13.5. The van der Waals surface area contributed by atoms with Crippen LogP contribution in [0.3, 0.4) is 0 Å². The molecule has 31 heavy (non-hydrogen) atoms. The van der Waals surface area contributed by atoms with Gasteiger partial charge in [-0.15, -0.1) is 11.3 Å². The van der Waals surface area contributed by atoms with Crippen molar-refractivity contribution in [1.29, 1.82) is 0 Å². The highest BCUT2D eigenvalue weighted by Crippen LogP contribution is 2.43. The van der Waals surface area contributed by atoms with Gasteiger partial charge in [0.2, 0.25) is 5.78 Å². The molecule has 0 fully saturated rings. The smallest absolute Gasteiger partial charge is 0.296 e. The lowest BCUT2D eigenvalue weighted by atomic mass is 10.00. The van der Waals surface area contributed by atoms with E-state index < -0.39 is 23.5 Å². The van der Waals surface area contributed by atoms with Crippen LogP contribution in [0.1, 0.15) is 28.1 Å². The number of carbonyl (C=O) groups is 2. The third-order valence-electron chi connectivity index (χ3n) is 5.03. The van der Waals surface area contributed by atoms with Crippen LogP contribution in [0.25, 0.3) is 11.0 Å². The van der Waals surface area contributed by atoms with Gasteiger partial charge in [0.05, 0.1) is 24.6 Å². The van der Waals surface area contributed by atoms with E-state index in [0.29, 0.717) is 27.6 Å². The fraction of sp³-hybridized carbons (Fsp3) is 0.136. The van der Waals surface area contributed by atoms with Gasteiger partial charge in [-0.2, -0.15) is 0 Å². The lowest BCUT2D eigenvalue weighted by molar-refractivity contribution is -0.117. The fourth-order valence-electron chi connectivity index (χ4n) is 3.64. The number of hydrogen-bond donors (Lipinski definition) is 1. The molecule has 5 rings (SSSR count). The number of carbonyl (C=O) groups excluding carboxylic acids is 2. The average molecular weight is 436 g/mol. The highest BCUT2D eigenvalue weighted by Gasteiger charge is 2.47. The maximum Gasteiger partial charge on any atom is 0.296 e. The Bertz CT molecular complexity index is 1350. The Hall–Kier alpha value is -3.85. The summed E-state index contributed by atoms with van der Waals surface area (Å²) in [6.07, 6.45) is 1.44. The average Bonchev–Trinajstić information content (AvgIpc) is 3.54. The van der Waals surface area contributed by atoms with Crippen molar-refractivity contribution in [2.75, 3.05) is 12.0 Å². The summed E-state index contributed by atoms with van der Waals surface area (Å²) in [4.78, 5) is 32.1. The minimum atomic E-state index is -0.976. The van der Waals surface area contributed by atoms with E-state index in [-0.39, 0.29) is 11.3 Å². The van der Waals surface area contributed by atoms with Crippen molar-refractivity contribution < 1.29 is 28.3 Å². The number of Topliss-reactive ketones (excluding diaryl/α,β-unsaturated/α-hetero) is 1. The van der Waals surface area contributed by atoms with Crippen molar-refractivity contribution in [2.24, 2.45) is 0 Å². The van der Waals surface area contributed by atoms with E-state index in [0.717, 1.165) is 5.69 Å². The number of hydrogen-bond acceptors (Lipinski definition) is 8. The van der Waals surface area contributed by atoms with E-state index in [4.69, 9.17) is 13.6 Å². The van der Waals surface area contributed by atoms with Crippen LogP contribution in [0, 0.1) is 6.92 Å². The van der Waals surface area contributed by atoms with E-state index in [9.17, 15) is 14.7 Å². The number of anilines is 1. The van der Waals surface area contributed by atoms with Crippen molar-refractivity contribution in [3.8, 4) is 5.75 Å². The van der Waals surface area contributed by atoms with Crippen LogP contribution in [-0.2, 0) is 4.79 Å². The van der Waals surface area contributed by atoms with Crippen molar-refractivity contribution in [3.05, 3.63) is 76.6 Å². The third-order valence-corrected chi connectivity index (χ3v) is 5.99. The molecule has 1 aliphatic rings. The molecular weight excluding hydrogens is 420 g/mol. The molecule has 1 N–H and O–H groups in total. The summed E-state index contributed by atoms with van der Waals surface area (Å²) in [6.45, 7) is 1.80. The highest BCUT2D eigenvalue weighted by atomic mass is 32.1.